The van der Waals surface area contributed by atoms with Gasteiger partial charge in [0.1, 0.15) is 11.9 Å². The zero-order chi connectivity index (χ0) is 16.6. The molecule has 1 N–H and O–H groups in total. The maximum Gasteiger partial charge on any atom is 0.326 e. The molecular formula is C19H22N2O2. The van der Waals surface area contributed by atoms with Crippen LogP contribution in [0.1, 0.15) is 23.6 Å². The lowest BCUT2D eigenvalue weighted by molar-refractivity contribution is 0.208. The molecule has 2 aromatic rings. The van der Waals surface area contributed by atoms with E-state index in [-0.39, 0.29) is 12.1 Å². The lowest BCUT2D eigenvalue weighted by atomic mass is 10.1. The maximum absolute atomic E-state index is 12.7. The molecule has 0 radical (unpaired) electrons. The van der Waals surface area contributed by atoms with E-state index in [9.17, 15) is 4.79 Å². The third kappa shape index (κ3) is 3.16. The van der Waals surface area contributed by atoms with Gasteiger partial charge in [0.05, 0.1) is 12.2 Å². The van der Waals surface area contributed by atoms with Crippen LogP contribution < -0.4 is 15.0 Å². The number of carbonyl (C=O) groups excluding carboxylic acids is 1. The second-order valence-electron chi connectivity index (χ2n) is 6.24. The minimum absolute atomic E-state index is 0.0317. The molecule has 1 aliphatic heterocycles. The Labute approximate surface area is 137 Å². The quantitative estimate of drug-likeness (QED) is 0.846. The van der Waals surface area contributed by atoms with Crippen LogP contribution in [0.25, 0.3) is 0 Å². The molecule has 0 aromatic heterocycles. The van der Waals surface area contributed by atoms with Gasteiger partial charge in [-0.1, -0.05) is 12.1 Å². The summed E-state index contributed by atoms with van der Waals surface area (Å²) in [5.74, 6) is 0.754. The number of nitrogens with zero attached hydrogens (tertiary/aromatic N) is 1. The predicted molar refractivity (Wildman–Crippen MR) is 93.5 cm³/mol. The Kier molecular flexibility index (Phi) is 3.99. The molecule has 120 valence electrons. The number of aryl methyl sites for hydroxylation is 3. The zero-order valence-electron chi connectivity index (χ0n) is 14.0. The second kappa shape index (κ2) is 5.95. The van der Waals surface area contributed by atoms with E-state index in [1.807, 2.05) is 57.2 Å². The monoisotopic (exact) mass is 310 g/mol. The Balaban J connectivity index is 1.87. The Morgan fingerprint density at radius 2 is 1.91 bits per heavy atom. The standard InChI is InChI=1S/C19H22N2O2/c1-12-5-8-18-17(9-12)21(11-15(4)23-18)19(22)20-16-7-6-13(2)14(3)10-16/h5-10,15H,11H2,1-4H3,(H,20,22)/t15-/m1/s1. The van der Waals surface area contributed by atoms with Crippen molar-refractivity contribution in [2.45, 2.75) is 33.8 Å². The molecule has 4 heteroatoms. The normalized spacial score (nSPS) is 16.5. The Morgan fingerprint density at radius 3 is 2.65 bits per heavy atom. The Morgan fingerprint density at radius 1 is 1.13 bits per heavy atom. The van der Waals surface area contributed by atoms with Crippen molar-refractivity contribution < 1.29 is 9.53 Å². The predicted octanol–water partition coefficient (Wildman–Crippen LogP) is 4.43. The van der Waals surface area contributed by atoms with Crippen molar-refractivity contribution in [1.29, 1.82) is 0 Å². The highest BCUT2D eigenvalue weighted by molar-refractivity contribution is 6.03. The summed E-state index contributed by atoms with van der Waals surface area (Å²) in [7, 11) is 0. The van der Waals surface area contributed by atoms with Crippen LogP contribution in [-0.2, 0) is 0 Å². The summed E-state index contributed by atoms with van der Waals surface area (Å²) in [6.45, 7) is 8.62. The number of benzene rings is 2. The number of carbonyl (C=O) groups is 1. The number of anilines is 2. The molecule has 3 rings (SSSR count). The molecule has 23 heavy (non-hydrogen) atoms. The number of hydrogen-bond acceptors (Lipinski definition) is 2. The zero-order valence-corrected chi connectivity index (χ0v) is 14.0. The highest BCUT2D eigenvalue weighted by Crippen LogP contribution is 2.34. The van der Waals surface area contributed by atoms with Crippen LogP contribution in [0.5, 0.6) is 5.75 Å². The summed E-state index contributed by atoms with van der Waals surface area (Å²) in [6, 6.07) is 11.7. The molecule has 2 amide bonds. The van der Waals surface area contributed by atoms with E-state index in [4.69, 9.17) is 4.74 Å². The van der Waals surface area contributed by atoms with Gasteiger partial charge in [0, 0.05) is 5.69 Å². The first-order valence-electron chi connectivity index (χ1n) is 7.87. The molecule has 0 saturated carbocycles. The number of fused-ring (bicyclic) bond motifs is 1. The number of amides is 2. The van der Waals surface area contributed by atoms with Gasteiger partial charge in [-0.15, -0.1) is 0 Å². The highest BCUT2D eigenvalue weighted by atomic mass is 16.5. The van der Waals surface area contributed by atoms with Crippen molar-refractivity contribution in [3.8, 4) is 5.75 Å². The van der Waals surface area contributed by atoms with Crippen LogP contribution >= 0.6 is 0 Å². The van der Waals surface area contributed by atoms with Crippen molar-refractivity contribution in [1.82, 2.24) is 0 Å². The van der Waals surface area contributed by atoms with Gasteiger partial charge < -0.3 is 10.1 Å². The lowest BCUT2D eigenvalue weighted by Crippen LogP contribution is -2.44. The fourth-order valence-corrected chi connectivity index (χ4v) is 2.75. The topological polar surface area (TPSA) is 41.6 Å². The van der Waals surface area contributed by atoms with E-state index < -0.39 is 0 Å². The molecule has 0 unspecified atom stereocenters. The van der Waals surface area contributed by atoms with E-state index in [1.54, 1.807) is 4.90 Å². The summed E-state index contributed by atoms with van der Waals surface area (Å²) in [4.78, 5) is 14.5. The lowest BCUT2D eigenvalue weighted by Gasteiger charge is -2.33. The number of urea groups is 1. The third-order valence-electron chi connectivity index (χ3n) is 4.18. The minimum Gasteiger partial charge on any atom is -0.487 e. The summed E-state index contributed by atoms with van der Waals surface area (Å²) < 4.78 is 5.83. The minimum atomic E-state index is -0.129. The van der Waals surface area contributed by atoms with Gasteiger partial charge in [0.25, 0.3) is 0 Å². The van der Waals surface area contributed by atoms with Crippen molar-refractivity contribution in [2.24, 2.45) is 0 Å². The van der Waals surface area contributed by atoms with Gasteiger partial charge in [0.2, 0.25) is 0 Å². The van der Waals surface area contributed by atoms with Crippen molar-refractivity contribution in [3.05, 3.63) is 53.1 Å². The van der Waals surface area contributed by atoms with Gasteiger partial charge in [-0.2, -0.15) is 0 Å². The van der Waals surface area contributed by atoms with Gasteiger partial charge in [-0.25, -0.2) is 4.79 Å². The number of ether oxygens (including phenoxy) is 1. The van der Waals surface area contributed by atoms with Gasteiger partial charge >= 0.3 is 6.03 Å². The molecule has 2 aromatic carbocycles. The van der Waals surface area contributed by atoms with E-state index in [2.05, 4.69) is 12.2 Å². The molecule has 0 aliphatic carbocycles. The summed E-state index contributed by atoms with van der Waals surface area (Å²) in [5.41, 5.74) is 5.11. The molecular weight excluding hydrogens is 288 g/mol. The van der Waals surface area contributed by atoms with Crippen molar-refractivity contribution >= 4 is 17.4 Å². The van der Waals surface area contributed by atoms with Crippen LogP contribution in [-0.4, -0.2) is 18.7 Å². The first-order chi connectivity index (χ1) is 10.9. The molecule has 0 spiro atoms. The molecule has 4 nitrogen and oxygen atoms in total. The van der Waals surface area contributed by atoms with E-state index in [1.165, 1.54) is 5.56 Å². The first kappa shape index (κ1) is 15.4. The number of hydrogen-bond donors (Lipinski definition) is 1. The fourth-order valence-electron chi connectivity index (χ4n) is 2.75. The molecule has 0 fully saturated rings. The summed E-state index contributed by atoms with van der Waals surface area (Å²) in [5, 5.41) is 2.99. The van der Waals surface area contributed by atoms with Crippen molar-refractivity contribution in [2.75, 3.05) is 16.8 Å². The Bertz CT molecular complexity index is 755. The van der Waals surface area contributed by atoms with Crippen LogP contribution in [0.15, 0.2) is 36.4 Å². The van der Waals surface area contributed by atoms with E-state index in [0.29, 0.717) is 6.54 Å². The average Bonchev–Trinajstić information content (AvgIpc) is 2.50. The molecule has 1 atom stereocenters. The largest absolute Gasteiger partial charge is 0.487 e. The molecule has 0 bridgehead atoms. The molecule has 1 heterocycles. The van der Waals surface area contributed by atoms with Gasteiger partial charge in [0.15, 0.2) is 0 Å². The van der Waals surface area contributed by atoms with E-state index >= 15 is 0 Å². The molecule has 1 aliphatic rings. The molecule has 0 saturated heterocycles. The highest BCUT2D eigenvalue weighted by Gasteiger charge is 2.27. The van der Waals surface area contributed by atoms with Crippen LogP contribution in [0.4, 0.5) is 16.2 Å². The summed E-state index contributed by atoms with van der Waals surface area (Å²) in [6.07, 6.45) is -0.0317. The van der Waals surface area contributed by atoms with E-state index in [0.717, 1.165) is 28.3 Å². The van der Waals surface area contributed by atoms with Crippen LogP contribution in [0.2, 0.25) is 0 Å². The SMILES string of the molecule is Cc1ccc2c(c1)N(C(=O)Nc1ccc(C)c(C)c1)C[C@@H](C)O2. The number of rotatable bonds is 1. The Hall–Kier alpha value is -2.49. The number of nitrogens with one attached hydrogen (secondary N) is 1. The summed E-state index contributed by atoms with van der Waals surface area (Å²) >= 11 is 0. The van der Waals surface area contributed by atoms with Gasteiger partial charge in [-0.3, -0.25) is 4.90 Å². The smallest absolute Gasteiger partial charge is 0.326 e. The fraction of sp³-hybridized carbons (Fsp3) is 0.316. The van der Waals surface area contributed by atoms with Crippen LogP contribution in [0, 0.1) is 20.8 Å². The van der Waals surface area contributed by atoms with Gasteiger partial charge in [-0.05, 0) is 68.7 Å². The van der Waals surface area contributed by atoms with Crippen molar-refractivity contribution in [3.63, 3.8) is 0 Å². The third-order valence-corrected chi connectivity index (χ3v) is 4.18. The maximum atomic E-state index is 12.7. The first-order valence-corrected chi connectivity index (χ1v) is 7.87. The average molecular weight is 310 g/mol. The second-order valence-corrected chi connectivity index (χ2v) is 6.24. The van der Waals surface area contributed by atoms with Crippen LogP contribution in [0.3, 0.4) is 0 Å².